The molecule has 0 saturated carbocycles. The van der Waals surface area contributed by atoms with Gasteiger partial charge in [-0.1, -0.05) is 6.92 Å². The van der Waals surface area contributed by atoms with Crippen molar-refractivity contribution in [2.45, 2.75) is 32.1 Å². The number of hydrogen-bond acceptors (Lipinski definition) is 4. The van der Waals surface area contributed by atoms with Gasteiger partial charge >= 0.3 is 29.6 Å². The molecule has 0 rings (SSSR count). The molecule has 0 unspecified atom stereocenters. The Morgan fingerprint density at radius 3 is 2.08 bits per heavy atom. The molecule has 0 aliphatic carbocycles. The Kier molecular flexibility index (Phi) is 6.47. The minimum absolute atomic E-state index is 0. The van der Waals surface area contributed by atoms with Crippen LogP contribution in [0.4, 0.5) is 0 Å². The molecule has 7 heteroatoms. The van der Waals surface area contributed by atoms with Crippen molar-refractivity contribution in [3.63, 3.8) is 0 Å². The number of amides is 1. The van der Waals surface area contributed by atoms with Crippen LogP contribution in [-0.4, -0.2) is 23.7 Å². The first-order chi connectivity index (χ1) is 5.20. The van der Waals surface area contributed by atoms with Crippen LogP contribution < -0.4 is 34.9 Å². The van der Waals surface area contributed by atoms with Crippen LogP contribution in [-0.2, 0) is 14.9 Å². The Bertz CT molecular complexity index is 272. The number of carbonyl (C=O) groups is 1. The maximum atomic E-state index is 10.8. The molecular formula is C6H12NNaO4S. The van der Waals surface area contributed by atoms with Crippen molar-refractivity contribution in [1.82, 2.24) is 5.32 Å². The Hall–Kier alpha value is 0.380. The van der Waals surface area contributed by atoms with Crippen LogP contribution in [0.3, 0.4) is 0 Å². The van der Waals surface area contributed by atoms with E-state index in [-0.39, 0.29) is 36.0 Å². The molecule has 13 heavy (non-hydrogen) atoms. The molecule has 5 nitrogen and oxygen atoms in total. The summed E-state index contributed by atoms with van der Waals surface area (Å²) in [6, 6.07) is 0. The molecule has 1 amide bonds. The third-order valence-corrected chi connectivity index (χ3v) is 2.74. The fraction of sp³-hybridized carbons (Fsp3) is 0.833. The average molecular weight is 217 g/mol. The molecule has 0 aromatic carbocycles. The first-order valence-electron chi connectivity index (χ1n) is 3.47. The van der Waals surface area contributed by atoms with Gasteiger partial charge in [0.2, 0.25) is 5.91 Å². The fourth-order valence-corrected chi connectivity index (χ4v) is 0.725. The molecule has 0 aromatic heterocycles. The Labute approximate surface area is 100 Å². The van der Waals surface area contributed by atoms with Crippen LogP contribution in [0, 0.1) is 0 Å². The summed E-state index contributed by atoms with van der Waals surface area (Å²) in [5.41, 5.74) is 0. The predicted molar refractivity (Wildman–Crippen MR) is 42.2 cm³/mol. The van der Waals surface area contributed by atoms with Crippen molar-refractivity contribution in [3.8, 4) is 0 Å². The summed E-state index contributed by atoms with van der Waals surface area (Å²) in [7, 11) is -4.49. The smallest absolute Gasteiger partial charge is 0.746 e. The molecule has 0 bridgehead atoms. The molecule has 0 aliphatic rings. The van der Waals surface area contributed by atoms with Gasteiger partial charge in [-0.3, -0.25) is 4.79 Å². The second-order valence-corrected chi connectivity index (χ2v) is 4.80. The maximum Gasteiger partial charge on any atom is 1.00 e. The topological polar surface area (TPSA) is 86.3 Å². The number of nitrogens with one attached hydrogen (secondary N) is 1. The van der Waals surface area contributed by atoms with Gasteiger partial charge in [0, 0.05) is 6.42 Å². The fourth-order valence-electron chi connectivity index (χ4n) is 0.487. The molecule has 1 N–H and O–H groups in total. The zero-order valence-corrected chi connectivity index (χ0v) is 11.1. The van der Waals surface area contributed by atoms with Gasteiger partial charge in [-0.15, -0.1) is 0 Å². The van der Waals surface area contributed by atoms with E-state index < -0.39 is 20.9 Å². The van der Waals surface area contributed by atoms with E-state index in [9.17, 15) is 17.8 Å². The molecule has 0 atom stereocenters. The molecule has 0 spiro atoms. The van der Waals surface area contributed by atoms with Crippen LogP contribution in [0.15, 0.2) is 0 Å². The van der Waals surface area contributed by atoms with E-state index in [1.165, 1.54) is 0 Å². The van der Waals surface area contributed by atoms with Crippen LogP contribution in [0.5, 0.6) is 0 Å². The van der Waals surface area contributed by atoms with Gasteiger partial charge in [-0.25, -0.2) is 8.42 Å². The van der Waals surface area contributed by atoms with E-state index in [0.29, 0.717) is 0 Å². The predicted octanol–water partition coefficient (Wildman–Crippen LogP) is -3.20. The van der Waals surface area contributed by atoms with Gasteiger partial charge in [0.25, 0.3) is 0 Å². The molecule has 72 valence electrons. The summed E-state index contributed by atoms with van der Waals surface area (Å²) in [4.78, 5) is 9.04. The first kappa shape index (κ1) is 15.8. The number of carbonyl (C=O) groups excluding carboxylic acids is 1. The number of hydrogen-bond donors (Lipinski definition) is 1. The molecule has 0 aromatic rings. The van der Waals surface area contributed by atoms with Crippen LogP contribution in [0.2, 0.25) is 0 Å². The summed E-state index contributed by atoms with van der Waals surface area (Å²) < 4.78 is 31.6. The minimum atomic E-state index is -4.49. The number of rotatable bonds is 3. The summed E-state index contributed by atoms with van der Waals surface area (Å²) in [6.45, 7) is 3.88. The van der Waals surface area contributed by atoms with E-state index in [1.807, 2.05) is 0 Å². The average Bonchev–Trinajstić information content (AvgIpc) is 1.84. The van der Waals surface area contributed by atoms with Crippen molar-refractivity contribution in [3.05, 3.63) is 0 Å². The monoisotopic (exact) mass is 217 g/mol. The quantitative estimate of drug-likeness (QED) is 0.398. The largest absolute Gasteiger partial charge is 1.00 e. The van der Waals surface area contributed by atoms with E-state index in [1.54, 1.807) is 6.92 Å². The van der Waals surface area contributed by atoms with Crippen molar-refractivity contribution in [1.29, 1.82) is 0 Å². The third-order valence-electron chi connectivity index (χ3n) is 1.39. The minimum Gasteiger partial charge on any atom is -0.746 e. The molecular weight excluding hydrogens is 205 g/mol. The van der Waals surface area contributed by atoms with Crippen LogP contribution >= 0.6 is 0 Å². The van der Waals surface area contributed by atoms with Crippen LogP contribution in [0.1, 0.15) is 27.2 Å². The molecule has 0 aliphatic heterocycles. The second kappa shape index (κ2) is 5.31. The van der Waals surface area contributed by atoms with Crippen molar-refractivity contribution in [2.24, 2.45) is 0 Å². The van der Waals surface area contributed by atoms with Crippen molar-refractivity contribution >= 4 is 16.0 Å². The SMILES string of the molecule is CCC(=O)NC(C)(C)S(=O)(=O)[O-].[Na+]. The third kappa shape index (κ3) is 4.97. The van der Waals surface area contributed by atoms with Gasteiger partial charge in [-0.05, 0) is 13.8 Å². The standard InChI is InChI=1S/C6H13NO4S.Na/c1-4-5(8)7-6(2,3)12(9,10)11;/h4H2,1-3H3,(H,7,8)(H,9,10,11);/q;+1/p-1. The first-order valence-corrected chi connectivity index (χ1v) is 4.88. The normalized spacial score (nSPS) is 11.7. The van der Waals surface area contributed by atoms with E-state index in [2.05, 4.69) is 5.32 Å². The van der Waals surface area contributed by atoms with E-state index in [0.717, 1.165) is 13.8 Å². The summed E-state index contributed by atoms with van der Waals surface area (Å²) in [5.74, 6) is -0.459. The second-order valence-electron chi connectivity index (χ2n) is 2.87. The zero-order chi connectivity index (χ0) is 9.99. The molecule has 0 fully saturated rings. The van der Waals surface area contributed by atoms with Crippen molar-refractivity contribution in [2.75, 3.05) is 0 Å². The summed E-state index contributed by atoms with van der Waals surface area (Å²) in [6.07, 6.45) is 0.152. The molecule has 0 heterocycles. The summed E-state index contributed by atoms with van der Waals surface area (Å²) >= 11 is 0. The Balaban J connectivity index is 0. The molecule has 0 saturated heterocycles. The van der Waals surface area contributed by atoms with Gasteiger partial charge in [0.05, 0.1) is 0 Å². The molecule has 0 radical (unpaired) electrons. The van der Waals surface area contributed by atoms with Crippen LogP contribution in [0.25, 0.3) is 0 Å². The van der Waals surface area contributed by atoms with Gasteiger partial charge in [0.15, 0.2) is 0 Å². The van der Waals surface area contributed by atoms with E-state index >= 15 is 0 Å². The van der Waals surface area contributed by atoms with Gasteiger partial charge in [-0.2, -0.15) is 0 Å². The zero-order valence-electron chi connectivity index (χ0n) is 8.25. The van der Waals surface area contributed by atoms with Gasteiger partial charge < -0.3 is 9.87 Å². The maximum absolute atomic E-state index is 10.8. The van der Waals surface area contributed by atoms with Crippen molar-refractivity contribution < 1.29 is 47.3 Å². The Morgan fingerprint density at radius 1 is 1.46 bits per heavy atom. The Morgan fingerprint density at radius 2 is 1.85 bits per heavy atom. The van der Waals surface area contributed by atoms with Gasteiger partial charge in [0.1, 0.15) is 15.0 Å². The van der Waals surface area contributed by atoms with E-state index in [4.69, 9.17) is 0 Å². The summed E-state index contributed by atoms with van der Waals surface area (Å²) in [5, 5.41) is 2.11.